The summed E-state index contributed by atoms with van der Waals surface area (Å²) in [6, 6.07) is 6.59. The van der Waals surface area contributed by atoms with Crippen molar-refractivity contribution in [1.29, 1.82) is 0 Å². The number of nitrogens with one attached hydrogen (secondary N) is 1. The zero-order valence-corrected chi connectivity index (χ0v) is 14.5. The van der Waals surface area contributed by atoms with Crippen molar-refractivity contribution in [2.45, 2.75) is 56.8 Å². The normalized spacial score (nSPS) is 11.9. The lowest BCUT2D eigenvalue weighted by atomic mass is 10.1. The Bertz CT molecular complexity index is 626. The maximum atomic E-state index is 4.21. The van der Waals surface area contributed by atoms with Crippen molar-refractivity contribution in [3.63, 3.8) is 0 Å². The summed E-state index contributed by atoms with van der Waals surface area (Å²) in [5.74, 6) is 0.932. The molecule has 0 spiro atoms. The third-order valence-corrected chi connectivity index (χ3v) is 4.53. The highest BCUT2D eigenvalue weighted by atomic mass is 32.2. The van der Waals surface area contributed by atoms with Gasteiger partial charge >= 0.3 is 0 Å². The predicted octanol–water partition coefficient (Wildman–Crippen LogP) is 3.47. The molecule has 0 amide bonds. The van der Waals surface area contributed by atoms with Gasteiger partial charge in [-0.1, -0.05) is 12.1 Å². The molecule has 0 bridgehead atoms. The van der Waals surface area contributed by atoms with Crippen LogP contribution in [0.1, 0.15) is 37.7 Å². The summed E-state index contributed by atoms with van der Waals surface area (Å²) in [6.45, 7) is 11.5. The Labute approximate surface area is 131 Å². The summed E-state index contributed by atoms with van der Waals surface area (Å²) in [6.07, 6.45) is 0. The SMILES string of the molecule is Cc1cc(CNC(C)(C)C)ccc1Sc1nnc(C)n1C. The minimum Gasteiger partial charge on any atom is -0.309 e. The first kappa shape index (κ1) is 16.0. The second kappa shape index (κ2) is 6.20. The Morgan fingerprint density at radius 2 is 1.90 bits per heavy atom. The van der Waals surface area contributed by atoms with Gasteiger partial charge in [-0.05, 0) is 63.6 Å². The number of nitrogens with zero attached hydrogens (tertiary/aromatic N) is 3. The van der Waals surface area contributed by atoms with Crippen LogP contribution in [0.4, 0.5) is 0 Å². The van der Waals surface area contributed by atoms with Crippen LogP contribution in [0.2, 0.25) is 0 Å². The molecule has 0 unspecified atom stereocenters. The third kappa shape index (κ3) is 4.32. The maximum Gasteiger partial charge on any atom is 0.195 e. The number of hydrogen-bond donors (Lipinski definition) is 1. The van der Waals surface area contributed by atoms with Gasteiger partial charge < -0.3 is 9.88 Å². The van der Waals surface area contributed by atoms with Crippen LogP contribution in [-0.2, 0) is 13.6 Å². The van der Waals surface area contributed by atoms with E-state index in [1.54, 1.807) is 11.8 Å². The molecule has 0 aliphatic heterocycles. The van der Waals surface area contributed by atoms with Gasteiger partial charge in [-0.15, -0.1) is 10.2 Å². The van der Waals surface area contributed by atoms with E-state index in [1.807, 2.05) is 18.5 Å². The van der Waals surface area contributed by atoms with Gasteiger partial charge in [0.25, 0.3) is 0 Å². The van der Waals surface area contributed by atoms with Gasteiger partial charge in [0, 0.05) is 24.0 Å². The van der Waals surface area contributed by atoms with E-state index in [4.69, 9.17) is 0 Å². The molecule has 0 radical (unpaired) electrons. The first-order chi connectivity index (χ1) is 9.76. The molecule has 0 atom stereocenters. The molecule has 0 aliphatic rings. The van der Waals surface area contributed by atoms with Crippen molar-refractivity contribution in [3.05, 3.63) is 35.2 Å². The zero-order valence-electron chi connectivity index (χ0n) is 13.7. The van der Waals surface area contributed by atoms with Gasteiger partial charge in [0.2, 0.25) is 0 Å². The summed E-state index contributed by atoms with van der Waals surface area (Å²) in [4.78, 5) is 1.23. The first-order valence-corrected chi connectivity index (χ1v) is 7.96. The Morgan fingerprint density at radius 3 is 2.43 bits per heavy atom. The maximum absolute atomic E-state index is 4.21. The molecule has 2 aromatic rings. The standard InChI is InChI=1S/C16H24N4S/c1-11-9-13(10-17-16(3,4)5)7-8-14(11)21-15-19-18-12(2)20(15)6/h7-9,17H,10H2,1-6H3. The first-order valence-electron chi connectivity index (χ1n) is 7.15. The average Bonchev–Trinajstić information content (AvgIpc) is 2.70. The van der Waals surface area contributed by atoms with Crippen molar-refractivity contribution in [1.82, 2.24) is 20.1 Å². The Balaban J connectivity index is 2.11. The van der Waals surface area contributed by atoms with Gasteiger partial charge in [0.15, 0.2) is 5.16 Å². The number of aromatic nitrogens is 3. The van der Waals surface area contributed by atoms with Crippen LogP contribution in [0.25, 0.3) is 0 Å². The number of aryl methyl sites for hydroxylation is 2. The predicted molar refractivity (Wildman–Crippen MR) is 87.6 cm³/mol. The lowest BCUT2D eigenvalue weighted by molar-refractivity contribution is 0.424. The van der Waals surface area contributed by atoms with E-state index in [9.17, 15) is 0 Å². The van der Waals surface area contributed by atoms with E-state index in [0.717, 1.165) is 17.5 Å². The molecular formula is C16H24N4S. The molecule has 21 heavy (non-hydrogen) atoms. The third-order valence-electron chi connectivity index (χ3n) is 3.32. The van der Waals surface area contributed by atoms with Gasteiger partial charge in [0.1, 0.15) is 5.82 Å². The molecule has 0 fully saturated rings. The number of rotatable bonds is 4. The largest absolute Gasteiger partial charge is 0.309 e. The highest BCUT2D eigenvalue weighted by Crippen LogP contribution is 2.29. The van der Waals surface area contributed by atoms with E-state index >= 15 is 0 Å². The fourth-order valence-electron chi connectivity index (χ4n) is 1.88. The fraction of sp³-hybridized carbons (Fsp3) is 0.500. The minimum absolute atomic E-state index is 0.136. The van der Waals surface area contributed by atoms with E-state index in [0.29, 0.717) is 0 Å². The Hall–Kier alpha value is -1.33. The van der Waals surface area contributed by atoms with E-state index < -0.39 is 0 Å². The lowest BCUT2D eigenvalue weighted by Gasteiger charge is -2.20. The summed E-state index contributed by atoms with van der Waals surface area (Å²) >= 11 is 1.66. The fourth-order valence-corrected chi connectivity index (χ4v) is 2.78. The molecule has 1 aromatic heterocycles. The van der Waals surface area contributed by atoms with Gasteiger partial charge in [-0.25, -0.2) is 0 Å². The molecule has 0 saturated carbocycles. The summed E-state index contributed by atoms with van der Waals surface area (Å²) in [5.41, 5.74) is 2.71. The summed E-state index contributed by atoms with van der Waals surface area (Å²) in [7, 11) is 1.99. The molecule has 5 heteroatoms. The van der Waals surface area contributed by atoms with Crippen LogP contribution in [0.5, 0.6) is 0 Å². The highest BCUT2D eigenvalue weighted by molar-refractivity contribution is 7.99. The van der Waals surface area contributed by atoms with Crippen molar-refractivity contribution >= 4 is 11.8 Å². The van der Waals surface area contributed by atoms with Crippen molar-refractivity contribution in [2.24, 2.45) is 7.05 Å². The highest BCUT2D eigenvalue weighted by Gasteiger charge is 2.11. The minimum atomic E-state index is 0.136. The quantitative estimate of drug-likeness (QED) is 0.939. The Morgan fingerprint density at radius 1 is 1.19 bits per heavy atom. The lowest BCUT2D eigenvalue weighted by Crippen LogP contribution is -2.35. The molecule has 1 aromatic carbocycles. The van der Waals surface area contributed by atoms with E-state index in [2.05, 4.69) is 61.4 Å². The van der Waals surface area contributed by atoms with Crippen LogP contribution < -0.4 is 5.32 Å². The van der Waals surface area contributed by atoms with Gasteiger partial charge in [-0.2, -0.15) is 0 Å². The van der Waals surface area contributed by atoms with E-state index in [1.165, 1.54) is 16.0 Å². The molecule has 2 rings (SSSR count). The summed E-state index contributed by atoms with van der Waals surface area (Å²) < 4.78 is 2.01. The van der Waals surface area contributed by atoms with Crippen LogP contribution in [0.15, 0.2) is 28.3 Å². The van der Waals surface area contributed by atoms with Crippen molar-refractivity contribution in [3.8, 4) is 0 Å². The monoisotopic (exact) mass is 304 g/mol. The Kier molecular flexibility index (Phi) is 4.74. The molecule has 0 aliphatic carbocycles. The van der Waals surface area contributed by atoms with Crippen molar-refractivity contribution in [2.75, 3.05) is 0 Å². The molecule has 0 saturated heterocycles. The van der Waals surface area contributed by atoms with Gasteiger partial charge in [-0.3, -0.25) is 0 Å². The van der Waals surface area contributed by atoms with Crippen molar-refractivity contribution < 1.29 is 0 Å². The molecule has 1 N–H and O–H groups in total. The van der Waals surface area contributed by atoms with Crippen LogP contribution in [0.3, 0.4) is 0 Å². The second-order valence-electron chi connectivity index (χ2n) is 6.39. The number of benzene rings is 1. The molecule has 1 heterocycles. The smallest absolute Gasteiger partial charge is 0.195 e. The number of hydrogen-bond acceptors (Lipinski definition) is 4. The molecule has 4 nitrogen and oxygen atoms in total. The zero-order chi connectivity index (χ0) is 15.6. The van der Waals surface area contributed by atoms with Crippen LogP contribution in [-0.4, -0.2) is 20.3 Å². The van der Waals surface area contributed by atoms with E-state index in [-0.39, 0.29) is 5.54 Å². The van der Waals surface area contributed by atoms with Crippen LogP contribution >= 0.6 is 11.8 Å². The van der Waals surface area contributed by atoms with Crippen LogP contribution in [0, 0.1) is 13.8 Å². The van der Waals surface area contributed by atoms with Gasteiger partial charge in [0.05, 0.1) is 0 Å². The molecular weight excluding hydrogens is 280 g/mol. The second-order valence-corrected chi connectivity index (χ2v) is 7.40. The molecule has 114 valence electrons. The topological polar surface area (TPSA) is 42.7 Å². The average molecular weight is 304 g/mol. The summed E-state index contributed by atoms with van der Waals surface area (Å²) in [5, 5.41) is 12.7.